The van der Waals surface area contributed by atoms with Crippen molar-refractivity contribution in [2.24, 2.45) is 0 Å². The van der Waals surface area contributed by atoms with Crippen molar-refractivity contribution < 1.29 is 18.4 Å². The van der Waals surface area contributed by atoms with Crippen molar-refractivity contribution in [2.75, 3.05) is 14.1 Å². The number of benzene rings is 1. The van der Waals surface area contributed by atoms with E-state index < -0.39 is 21.2 Å². The second-order valence-corrected chi connectivity index (χ2v) is 9.66. The second-order valence-electron chi connectivity index (χ2n) is 7.70. The zero-order valence-electron chi connectivity index (χ0n) is 18.4. The number of carbonyl (C=O) groups is 1. The van der Waals surface area contributed by atoms with Gasteiger partial charge < -0.3 is 4.90 Å². The number of amides is 1. The predicted octanol–water partition coefficient (Wildman–Crippen LogP) is 3.24. The molecule has 9 heteroatoms. The standard InChI is InChI=1S/C24H26N4O4S/c1-4-23(33(31,32)28-14-13-19(17-28)7-12-24(29)26-30)21-10-11-22(25-15-21)20-8-5-18(6-9-20)16-27(2)3/h4-15,17,23,30H,1,16H2,2-3H3,(H,26,29)/b12-7+. The summed E-state index contributed by atoms with van der Waals surface area (Å²) in [4.78, 5) is 17.7. The number of hydroxylamine groups is 1. The highest BCUT2D eigenvalue weighted by Gasteiger charge is 2.26. The first kappa shape index (κ1) is 24.1. The van der Waals surface area contributed by atoms with Gasteiger partial charge in [0, 0.05) is 36.8 Å². The minimum absolute atomic E-state index is 0.483. The molecule has 33 heavy (non-hydrogen) atoms. The van der Waals surface area contributed by atoms with E-state index in [0.29, 0.717) is 11.1 Å². The van der Waals surface area contributed by atoms with Crippen LogP contribution in [0.2, 0.25) is 0 Å². The lowest BCUT2D eigenvalue weighted by molar-refractivity contribution is -0.124. The van der Waals surface area contributed by atoms with Crippen molar-refractivity contribution in [3.63, 3.8) is 0 Å². The summed E-state index contributed by atoms with van der Waals surface area (Å²) in [5.41, 5.74) is 5.32. The highest BCUT2D eigenvalue weighted by Crippen LogP contribution is 2.27. The normalized spacial score (nSPS) is 12.7. The van der Waals surface area contributed by atoms with Crippen LogP contribution in [0.4, 0.5) is 0 Å². The Hall–Kier alpha value is -3.53. The summed E-state index contributed by atoms with van der Waals surface area (Å²) in [5, 5.41) is 7.54. The summed E-state index contributed by atoms with van der Waals surface area (Å²) in [6.45, 7) is 4.55. The lowest BCUT2D eigenvalue weighted by atomic mass is 10.1. The molecule has 0 aliphatic heterocycles. The summed E-state index contributed by atoms with van der Waals surface area (Å²) in [5.74, 6) is -0.715. The number of hydrogen-bond donors (Lipinski definition) is 2. The minimum atomic E-state index is -3.85. The van der Waals surface area contributed by atoms with Crippen molar-refractivity contribution >= 4 is 22.0 Å². The molecule has 2 aromatic heterocycles. The zero-order valence-corrected chi connectivity index (χ0v) is 19.2. The van der Waals surface area contributed by atoms with E-state index in [1.807, 2.05) is 38.4 Å². The zero-order chi connectivity index (χ0) is 24.0. The number of aromatic nitrogens is 2. The first-order valence-electron chi connectivity index (χ1n) is 10.1. The number of hydrogen-bond acceptors (Lipinski definition) is 6. The number of nitrogens with one attached hydrogen (secondary N) is 1. The largest absolute Gasteiger partial charge is 0.305 e. The summed E-state index contributed by atoms with van der Waals surface area (Å²) in [7, 11) is 0.174. The molecule has 2 heterocycles. The molecule has 0 bridgehead atoms. The Bertz CT molecular complexity index is 1240. The molecule has 0 saturated heterocycles. The second kappa shape index (κ2) is 10.4. The minimum Gasteiger partial charge on any atom is -0.305 e. The van der Waals surface area contributed by atoms with Crippen LogP contribution in [0.5, 0.6) is 0 Å². The van der Waals surface area contributed by atoms with Gasteiger partial charge in [-0.15, -0.1) is 6.58 Å². The average Bonchev–Trinajstić information content (AvgIpc) is 3.28. The van der Waals surface area contributed by atoms with Gasteiger partial charge in [0.15, 0.2) is 0 Å². The molecule has 0 radical (unpaired) electrons. The van der Waals surface area contributed by atoms with E-state index in [-0.39, 0.29) is 0 Å². The maximum atomic E-state index is 13.2. The smallest absolute Gasteiger partial charge is 0.267 e. The Labute approximate surface area is 193 Å². The molecule has 1 unspecified atom stereocenters. The van der Waals surface area contributed by atoms with Crippen LogP contribution < -0.4 is 5.48 Å². The molecule has 8 nitrogen and oxygen atoms in total. The third kappa shape index (κ3) is 5.83. The fourth-order valence-corrected chi connectivity index (χ4v) is 4.80. The van der Waals surface area contributed by atoms with Crippen molar-refractivity contribution in [1.82, 2.24) is 19.3 Å². The van der Waals surface area contributed by atoms with Gasteiger partial charge in [0.1, 0.15) is 5.25 Å². The third-order valence-corrected chi connectivity index (χ3v) is 6.84. The average molecular weight is 467 g/mol. The third-order valence-electron chi connectivity index (χ3n) is 4.92. The van der Waals surface area contributed by atoms with Crippen LogP contribution in [-0.4, -0.2) is 47.5 Å². The van der Waals surface area contributed by atoms with Crippen molar-refractivity contribution in [2.45, 2.75) is 11.8 Å². The van der Waals surface area contributed by atoms with Crippen molar-refractivity contribution in [3.05, 3.63) is 96.5 Å². The Morgan fingerprint density at radius 1 is 1.21 bits per heavy atom. The maximum Gasteiger partial charge on any atom is 0.267 e. The topological polar surface area (TPSA) is 105 Å². The first-order valence-corrected chi connectivity index (χ1v) is 11.6. The Morgan fingerprint density at radius 3 is 2.52 bits per heavy atom. The quantitative estimate of drug-likeness (QED) is 0.217. The number of rotatable bonds is 9. The highest BCUT2D eigenvalue weighted by molar-refractivity contribution is 7.90. The lowest BCUT2D eigenvalue weighted by Crippen LogP contribution is -2.18. The van der Waals surface area contributed by atoms with Crippen molar-refractivity contribution in [3.8, 4) is 11.3 Å². The van der Waals surface area contributed by atoms with E-state index in [0.717, 1.165) is 27.9 Å². The van der Waals surface area contributed by atoms with Gasteiger partial charge in [-0.25, -0.2) is 13.9 Å². The van der Waals surface area contributed by atoms with Crippen LogP contribution in [-0.2, 0) is 21.4 Å². The fraction of sp³-hybridized carbons (Fsp3) is 0.167. The van der Waals surface area contributed by atoms with E-state index in [1.54, 1.807) is 24.4 Å². The monoisotopic (exact) mass is 466 g/mol. The molecule has 172 valence electrons. The first-order chi connectivity index (χ1) is 15.7. The number of pyridine rings is 1. The SMILES string of the molecule is C=CC(c1ccc(-c2ccc(CN(C)C)cc2)nc1)S(=O)(=O)n1ccc(/C=C/C(=O)NO)c1. The summed E-state index contributed by atoms with van der Waals surface area (Å²) >= 11 is 0. The fourth-order valence-electron chi connectivity index (χ4n) is 3.31. The molecular formula is C24H26N4O4S. The molecule has 3 rings (SSSR count). The molecular weight excluding hydrogens is 440 g/mol. The molecule has 0 saturated carbocycles. The molecule has 3 aromatic rings. The molecule has 1 aromatic carbocycles. The lowest BCUT2D eigenvalue weighted by Gasteiger charge is -2.15. The van der Waals surface area contributed by atoms with E-state index in [4.69, 9.17) is 5.21 Å². The predicted molar refractivity (Wildman–Crippen MR) is 128 cm³/mol. The van der Waals surface area contributed by atoms with Gasteiger partial charge in [0.25, 0.3) is 5.91 Å². The summed E-state index contributed by atoms with van der Waals surface area (Å²) in [6, 6.07) is 13.1. The summed E-state index contributed by atoms with van der Waals surface area (Å²) < 4.78 is 27.4. The molecule has 2 N–H and O–H groups in total. The van der Waals surface area contributed by atoms with Crippen LogP contribution in [0.15, 0.2) is 79.8 Å². The van der Waals surface area contributed by atoms with Crippen LogP contribution in [0.1, 0.15) is 21.9 Å². The molecule has 0 spiro atoms. The molecule has 1 amide bonds. The van der Waals surface area contributed by atoms with Gasteiger partial charge in [0.2, 0.25) is 10.0 Å². The maximum absolute atomic E-state index is 13.2. The van der Waals surface area contributed by atoms with Crippen LogP contribution in [0.25, 0.3) is 17.3 Å². The van der Waals surface area contributed by atoms with Gasteiger partial charge >= 0.3 is 0 Å². The summed E-state index contributed by atoms with van der Waals surface area (Å²) in [6.07, 6.45) is 8.15. The Kier molecular flexibility index (Phi) is 7.59. The Morgan fingerprint density at radius 2 is 1.94 bits per heavy atom. The van der Waals surface area contributed by atoms with Gasteiger partial charge in [-0.05, 0) is 49.0 Å². The van der Waals surface area contributed by atoms with Crippen LogP contribution in [0.3, 0.4) is 0 Å². The van der Waals surface area contributed by atoms with E-state index >= 15 is 0 Å². The Balaban J connectivity index is 1.81. The number of nitrogens with zero attached hydrogens (tertiary/aromatic N) is 3. The highest BCUT2D eigenvalue weighted by atomic mass is 32.2. The number of carbonyl (C=O) groups excluding carboxylic acids is 1. The van der Waals surface area contributed by atoms with Gasteiger partial charge in [-0.1, -0.05) is 36.4 Å². The van der Waals surface area contributed by atoms with Gasteiger partial charge in [0.05, 0.1) is 5.69 Å². The van der Waals surface area contributed by atoms with E-state index in [1.165, 1.54) is 35.6 Å². The molecule has 0 fully saturated rings. The van der Waals surface area contributed by atoms with E-state index in [2.05, 4.69) is 16.5 Å². The van der Waals surface area contributed by atoms with Crippen LogP contribution in [0, 0.1) is 0 Å². The van der Waals surface area contributed by atoms with Gasteiger partial charge in [-0.3, -0.25) is 19.0 Å². The molecule has 0 aliphatic rings. The van der Waals surface area contributed by atoms with Crippen molar-refractivity contribution in [1.29, 1.82) is 0 Å². The molecule has 1 atom stereocenters. The van der Waals surface area contributed by atoms with E-state index in [9.17, 15) is 13.2 Å². The molecule has 0 aliphatic carbocycles. The van der Waals surface area contributed by atoms with Crippen LogP contribution >= 0.6 is 0 Å². The van der Waals surface area contributed by atoms with Gasteiger partial charge in [-0.2, -0.15) is 0 Å².